The third kappa shape index (κ3) is 3.24. The first-order valence-corrected chi connectivity index (χ1v) is 8.22. The van der Waals surface area contributed by atoms with Crippen molar-refractivity contribution in [2.24, 2.45) is 0 Å². The predicted octanol–water partition coefficient (Wildman–Crippen LogP) is 2.73. The minimum absolute atomic E-state index is 0.526. The highest BCUT2D eigenvalue weighted by molar-refractivity contribution is 7.09. The highest BCUT2D eigenvalue weighted by atomic mass is 32.1. The van der Waals surface area contributed by atoms with Crippen molar-refractivity contribution < 1.29 is 0 Å². The SMILES string of the molecule is Cc1nc(CCCN2CCCCC2c2nccs2)n[nH]1. The van der Waals surface area contributed by atoms with Crippen molar-refractivity contribution in [3.8, 4) is 0 Å². The number of hydrogen-bond acceptors (Lipinski definition) is 5. The Bertz CT molecular complexity index is 521. The van der Waals surface area contributed by atoms with Gasteiger partial charge in [-0.3, -0.25) is 10.00 Å². The van der Waals surface area contributed by atoms with Crippen molar-refractivity contribution in [1.29, 1.82) is 0 Å². The second-order valence-corrected chi connectivity index (χ2v) is 6.28. The lowest BCUT2D eigenvalue weighted by molar-refractivity contribution is 0.146. The smallest absolute Gasteiger partial charge is 0.150 e. The molecule has 1 atom stereocenters. The van der Waals surface area contributed by atoms with Gasteiger partial charge in [0.25, 0.3) is 0 Å². The Balaban J connectivity index is 1.54. The quantitative estimate of drug-likeness (QED) is 0.920. The normalized spacial score (nSPS) is 20.4. The Hall–Kier alpha value is -1.27. The molecule has 3 heterocycles. The van der Waals surface area contributed by atoms with Gasteiger partial charge in [0.05, 0.1) is 6.04 Å². The minimum atomic E-state index is 0.526. The summed E-state index contributed by atoms with van der Waals surface area (Å²) in [6.45, 7) is 4.24. The molecule has 20 heavy (non-hydrogen) atoms. The Morgan fingerprint density at radius 1 is 1.45 bits per heavy atom. The molecule has 1 unspecified atom stereocenters. The number of thiazole rings is 1. The number of nitrogens with zero attached hydrogens (tertiary/aromatic N) is 4. The first kappa shape index (κ1) is 13.7. The molecule has 0 spiro atoms. The van der Waals surface area contributed by atoms with Gasteiger partial charge in [-0.15, -0.1) is 11.3 Å². The molecule has 1 N–H and O–H groups in total. The molecule has 3 rings (SSSR count). The topological polar surface area (TPSA) is 57.7 Å². The van der Waals surface area contributed by atoms with Gasteiger partial charge in [-0.1, -0.05) is 6.42 Å². The molecule has 0 bridgehead atoms. The molecular formula is C14H21N5S. The van der Waals surface area contributed by atoms with Crippen LogP contribution in [0.15, 0.2) is 11.6 Å². The van der Waals surface area contributed by atoms with Crippen LogP contribution in [0.2, 0.25) is 0 Å². The Morgan fingerprint density at radius 3 is 3.15 bits per heavy atom. The Morgan fingerprint density at radius 2 is 2.40 bits per heavy atom. The molecule has 0 radical (unpaired) electrons. The zero-order valence-electron chi connectivity index (χ0n) is 11.9. The molecule has 1 saturated heterocycles. The van der Waals surface area contributed by atoms with Crippen LogP contribution in [0.25, 0.3) is 0 Å². The molecule has 108 valence electrons. The van der Waals surface area contributed by atoms with Gasteiger partial charge in [0.1, 0.15) is 10.8 Å². The van der Waals surface area contributed by atoms with E-state index in [1.54, 1.807) is 11.3 Å². The van der Waals surface area contributed by atoms with E-state index in [1.165, 1.54) is 30.8 Å². The summed E-state index contributed by atoms with van der Waals surface area (Å²) in [5.41, 5.74) is 0. The van der Waals surface area contributed by atoms with Crippen LogP contribution >= 0.6 is 11.3 Å². The summed E-state index contributed by atoms with van der Waals surface area (Å²) in [5.74, 6) is 1.84. The maximum absolute atomic E-state index is 4.51. The number of H-pyrrole nitrogens is 1. The monoisotopic (exact) mass is 291 g/mol. The highest BCUT2D eigenvalue weighted by Gasteiger charge is 2.25. The summed E-state index contributed by atoms with van der Waals surface area (Å²) in [5, 5.41) is 10.5. The summed E-state index contributed by atoms with van der Waals surface area (Å²) < 4.78 is 0. The van der Waals surface area contributed by atoms with Crippen molar-refractivity contribution in [2.45, 2.75) is 45.1 Å². The van der Waals surface area contributed by atoms with Crippen LogP contribution in [0, 0.1) is 6.92 Å². The van der Waals surface area contributed by atoms with Gasteiger partial charge in [-0.25, -0.2) is 9.97 Å². The lowest BCUT2D eigenvalue weighted by Crippen LogP contribution is -2.34. The lowest BCUT2D eigenvalue weighted by atomic mass is 10.0. The second-order valence-electron chi connectivity index (χ2n) is 5.36. The van der Waals surface area contributed by atoms with Crippen LogP contribution in [0.1, 0.15) is 48.4 Å². The summed E-state index contributed by atoms with van der Waals surface area (Å²) in [4.78, 5) is 11.5. The van der Waals surface area contributed by atoms with Crippen molar-refractivity contribution in [3.05, 3.63) is 28.2 Å². The van der Waals surface area contributed by atoms with E-state index in [2.05, 4.69) is 30.4 Å². The maximum Gasteiger partial charge on any atom is 0.150 e. The first-order chi connectivity index (χ1) is 9.83. The number of hydrogen-bond donors (Lipinski definition) is 1. The van der Waals surface area contributed by atoms with E-state index >= 15 is 0 Å². The fourth-order valence-corrected chi connectivity index (χ4v) is 3.69. The van der Waals surface area contributed by atoms with Gasteiger partial charge in [-0.2, -0.15) is 5.10 Å². The second kappa shape index (κ2) is 6.45. The molecule has 2 aromatic rings. The van der Waals surface area contributed by atoms with E-state index in [4.69, 9.17) is 0 Å². The van der Waals surface area contributed by atoms with Crippen LogP contribution in [0.5, 0.6) is 0 Å². The Kier molecular flexibility index (Phi) is 4.42. The number of likely N-dealkylation sites (tertiary alicyclic amines) is 1. The zero-order valence-corrected chi connectivity index (χ0v) is 12.7. The third-order valence-electron chi connectivity index (χ3n) is 3.84. The molecule has 1 aliphatic rings. The number of aryl methyl sites for hydroxylation is 2. The number of aromatic nitrogens is 4. The fourth-order valence-electron chi connectivity index (χ4n) is 2.88. The Labute approximate surface area is 123 Å². The van der Waals surface area contributed by atoms with Gasteiger partial charge in [0, 0.05) is 18.0 Å². The molecule has 0 aromatic carbocycles. The highest BCUT2D eigenvalue weighted by Crippen LogP contribution is 2.31. The molecule has 6 heteroatoms. The van der Waals surface area contributed by atoms with Crippen molar-refractivity contribution in [3.63, 3.8) is 0 Å². The van der Waals surface area contributed by atoms with Crippen LogP contribution in [0.3, 0.4) is 0 Å². The maximum atomic E-state index is 4.51. The van der Waals surface area contributed by atoms with E-state index in [0.717, 1.165) is 31.0 Å². The third-order valence-corrected chi connectivity index (χ3v) is 4.72. The van der Waals surface area contributed by atoms with Crippen LogP contribution in [0.4, 0.5) is 0 Å². The lowest BCUT2D eigenvalue weighted by Gasteiger charge is -2.34. The molecule has 5 nitrogen and oxygen atoms in total. The van der Waals surface area contributed by atoms with Gasteiger partial charge in [0.15, 0.2) is 5.82 Å². The van der Waals surface area contributed by atoms with E-state index in [0.29, 0.717) is 6.04 Å². The summed E-state index contributed by atoms with van der Waals surface area (Å²) >= 11 is 1.78. The summed E-state index contributed by atoms with van der Waals surface area (Å²) in [7, 11) is 0. The minimum Gasteiger partial charge on any atom is -0.294 e. The van der Waals surface area contributed by atoms with E-state index < -0.39 is 0 Å². The van der Waals surface area contributed by atoms with Crippen LogP contribution < -0.4 is 0 Å². The largest absolute Gasteiger partial charge is 0.294 e. The number of rotatable bonds is 5. The van der Waals surface area contributed by atoms with Gasteiger partial charge < -0.3 is 0 Å². The molecular weight excluding hydrogens is 270 g/mol. The number of nitrogens with one attached hydrogen (secondary N) is 1. The summed E-state index contributed by atoms with van der Waals surface area (Å²) in [6.07, 6.45) is 7.85. The molecule has 0 aliphatic carbocycles. The standard InChI is InChI=1S/C14H21N5S/c1-11-16-13(18-17-11)6-4-9-19-8-3-2-5-12(19)14-15-7-10-20-14/h7,10,12H,2-6,8-9H2,1H3,(H,16,17,18). The molecule has 0 amide bonds. The van der Waals surface area contributed by atoms with Crippen molar-refractivity contribution in [1.82, 2.24) is 25.1 Å². The van der Waals surface area contributed by atoms with Gasteiger partial charge >= 0.3 is 0 Å². The van der Waals surface area contributed by atoms with Gasteiger partial charge in [0.2, 0.25) is 0 Å². The first-order valence-electron chi connectivity index (χ1n) is 7.34. The zero-order chi connectivity index (χ0) is 13.8. The summed E-state index contributed by atoms with van der Waals surface area (Å²) in [6, 6.07) is 0.526. The average Bonchev–Trinajstić information content (AvgIpc) is 3.11. The van der Waals surface area contributed by atoms with E-state index in [-0.39, 0.29) is 0 Å². The average molecular weight is 291 g/mol. The van der Waals surface area contributed by atoms with Crippen LogP contribution in [-0.2, 0) is 6.42 Å². The molecule has 1 fully saturated rings. The van der Waals surface area contributed by atoms with Crippen molar-refractivity contribution >= 4 is 11.3 Å². The predicted molar refractivity (Wildman–Crippen MR) is 79.7 cm³/mol. The number of piperidine rings is 1. The van der Waals surface area contributed by atoms with Crippen LogP contribution in [-0.4, -0.2) is 38.2 Å². The molecule has 2 aromatic heterocycles. The number of aromatic amines is 1. The van der Waals surface area contributed by atoms with E-state index in [9.17, 15) is 0 Å². The molecule has 0 saturated carbocycles. The van der Waals surface area contributed by atoms with Gasteiger partial charge in [-0.05, 0) is 39.3 Å². The fraction of sp³-hybridized carbons (Fsp3) is 0.643. The van der Waals surface area contributed by atoms with Crippen molar-refractivity contribution in [2.75, 3.05) is 13.1 Å². The molecule has 1 aliphatic heterocycles. The van der Waals surface area contributed by atoms with E-state index in [1.807, 2.05) is 13.1 Å².